The van der Waals surface area contributed by atoms with Gasteiger partial charge in [0.25, 0.3) is 0 Å². The van der Waals surface area contributed by atoms with Crippen molar-refractivity contribution in [2.24, 2.45) is 0 Å². The molecule has 0 spiro atoms. The standard InChI is InChI=1S/C17H25NO5/c1-4-22-15(19)17(18-13-21-3,16(20)23-5-2)12-11-14-9-7-6-8-10-14/h6-10,18H,4-5,11-13H2,1-3H3. The molecule has 0 saturated heterocycles. The number of carbonyl (C=O) groups excluding carboxylic acids is 2. The molecule has 0 atom stereocenters. The summed E-state index contributed by atoms with van der Waals surface area (Å²) in [5, 5.41) is 2.85. The van der Waals surface area contributed by atoms with Crippen molar-refractivity contribution < 1.29 is 23.8 Å². The van der Waals surface area contributed by atoms with Gasteiger partial charge in [-0.2, -0.15) is 0 Å². The molecule has 128 valence electrons. The Balaban J connectivity index is 3.02. The number of esters is 2. The Morgan fingerprint density at radius 2 is 1.61 bits per heavy atom. The topological polar surface area (TPSA) is 73.9 Å². The minimum Gasteiger partial charge on any atom is -0.464 e. The number of ether oxygens (including phenoxy) is 3. The lowest BCUT2D eigenvalue weighted by molar-refractivity contribution is -0.167. The van der Waals surface area contributed by atoms with Crippen LogP contribution in [-0.4, -0.2) is 44.5 Å². The molecule has 1 aromatic rings. The van der Waals surface area contributed by atoms with Crippen molar-refractivity contribution in [3.8, 4) is 0 Å². The molecular weight excluding hydrogens is 298 g/mol. The second-order valence-corrected chi connectivity index (χ2v) is 4.94. The molecular formula is C17H25NO5. The lowest BCUT2D eigenvalue weighted by Gasteiger charge is -2.30. The predicted octanol–water partition coefficient (Wildman–Crippen LogP) is 1.68. The zero-order chi connectivity index (χ0) is 17.1. The molecule has 1 rings (SSSR count). The fourth-order valence-corrected chi connectivity index (χ4v) is 2.20. The van der Waals surface area contributed by atoms with E-state index in [1.165, 1.54) is 7.11 Å². The molecule has 0 amide bonds. The van der Waals surface area contributed by atoms with Crippen molar-refractivity contribution in [3.63, 3.8) is 0 Å². The molecule has 1 aromatic carbocycles. The summed E-state index contributed by atoms with van der Waals surface area (Å²) in [7, 11) is 1.48. The number of rotatable bonds is 10. The molecule has 0 aliphatic carbocycles. The molecule has 1 N–H and O–H groups in total. The molecule has 0 radical (unpaired) electrons. The van der Waals surface area contributed by atoms with Gasteiger partial charge in [0, 0.05) is 7.11 Å². The van der Waals surface area contributed by atoms with E-state index in [-0.39, 0.29) is 26.4 Å². The first-order chi connectivity index (χ1) is 11.1. The highest BCUT2D eigenvalue weighted by Gasteiger charge is 2.48. The average molecular weight is 323 g/mol. The molecule has 6 heteroatoms. The van der Waals surface area contributed by atoms with Gasteiger partial charge < -0.3 is 14.2 Å². The van der Waals surface area contributed by atoms with Crippen molar-refractivity contribution in [2.45, 2.75) is 32.2 Å². The minimum atomic E-state index is -1.57. The molecule has 6 nitrogen and oxygen atoms in total. The fourth-order valence-electron chi connectivity index (χ4n) is 2.20. The van der Waals surface area contributed by atoms with Crippen LogP contribution in [-0.2, 0) is 30.2 Å². The average Bonchev–Trinajstić information content (AvgIpc) is 2.56. The van der Waals surface area contributed by atoms with E-state index in [9.17, 15) is 9.59 Å². The number of benzene rings is 1. The van der Waals surface area contributed by atoms with E-state index in [1.54, 1.807) is 13.8 Å². The van der Waals surface area contributed by atoms with E-state index in [1.807, 2.05) is 30.3 Å². The van der Waals surface area contributed by atoms with Crippen LogP contribution in [0, 0.1) is 0 Å². The third-order valence-corrected chi connectivity index (χ3v) is 3.40. The SMILES string of the molecule is CCOC(=O)C(CCc1ccccc1)(NCOC)C(=O)OCC. The van der Waals surface area contributed by atoms with E-state index >= 15 is 0 Å². The Hall–Kier alpha value is -1.92. The second kappa shape index (κ2) is 9.97. The van der Waals surface area contributed by atoms with Crippen LogP contribution in [0.25, 0.3) is 0 Å². The van der Waals surface area contributed by atoms with Gasteiger partial charge in [0.05, 0.1) is 19.9 Å². The van der Waals surface area contributed by atoms with Crippen LogP contribution in [0.4, 0.5) is 0 Å². The zero-order valence-electron chi connectivity index (χ0n) is 14.0. The molecule has 23 heavy (non-hydrogen) atoms. The molecule has 0 saturated carbocycles. The van der Waals surface area contributed by atoms with Crippen LogP contribution in [0.2, 0.25) is 0 Å². The van der Waals surface area contributed by atoms with Crippen LogP contribution in [0.5, 0.6) is 0 Å². The highest BCUT2D eigenvalue weighted by Crippen LogP contribution is 2.19. The molecule has 0 aromatic heterocycles. The smallest absolute Gasteiger partial charge is 0.338 e. The van der Waals surface area contributed by atoms with Crippen molar-refractivity contribution >= 4 is 11.9 Å². The number of aryl methyl sites for hydroxylation is 1. The number of nitrogens with one attached hydrogen (secondary N) is 1. The summed E-state index contributed by atoms with van der Waals surface area (Å²) in [6.07, 6.45) is 0.743. The van der Waals surface area contributed by atoms with E-state index in [2.05, 4.69) is 5.32 Å². The maximum absolute atomic E-state index is 12.5. The summed E-state index contributed by atoms with van der Waals surface area (Å²) in [4.78, 5) is 24.9. The largest absolute Gasteiger partial charge is 0.464 e. The van der Waals surface area contributed by atoms with Gasteiger partial charge in [0.1, 0.15) is 0 Å². The number of carbonyl (C=O) groups is 2. The summed E-state index contributed by atoms with van der Waals surface area (Å²) in [6.45, 7) is 3.79. The maximum Gasteiger partial charge on any atom is 0.338 e. The van der Waals surface area contributed by atoms with Gasteiger partial charge in [-0.15, -0.1) is 0 Å². The summed E-state index contributed by atoms with van der Waals surface area (Å²) in [6, 6.07) is 9.62. The summed E-state index contributed by atoms with van der Waals surface area (Å²) in [5.74, 6) is -1.29. The van der Waals surface area contributed by atoms with Crippen molar-refractivity contribution in [2.75, 3.05) is 27.1 Å². The molecule has 0 aliphatic rings. The Morgan fingerprint density at radius 1 is 1.04 bits per heavy atom. The first kappa shape index (κ1) is 19.1. The Morgan fingerprint density at radius 3 is 2.09 bits per heavy atom. The summed E-state index contributed by atoms with van der Waals surface area (Å²) < 4.78 is 15.2. The van der Waals surface area contributed by atoms with Gasteiger partial charge in [0.15, 0.2) is 0 Å². The van der Waals surface area contributed by atoms with Crippen LogP contribution in [0.1, 0.15) is 25.8 Å². The Kier molecular flexibility index (Phi) is 8.29. The van der Waals surface area contributed by atoms with Gasteiger partial charge in [-0.3, -0.25) is 5.32 Å². The monoisotopic (exact) mass is 323 g/mol. The third kappa shape index (κ3) is 5.33. The van der Waals surface area contributed by atoms with Gasteiger partial charge in [-0.25, -0.2) is 9.59 Å². The Labute approximate surface area is 137 Å². The van der Waals surface area contributed by atoms with Gasteiger partial charge in [0.2, 0.25) is 5.54 Å². The molecule has 0 bridgehead atoms. The van der Waals surface area contributed by atoms with Crippen LogP contribution < -0.4 is 5.32 Å². The summed E-state index contributed by atoms with van der Waals surface area (Å²) >= 11 is 0. The first-order valence-corrected chi connectivity index (χ1v) is 7.73. The summed E-state index contributed by atoms with van der Waals surface area (Å²) in [5.41, 5.74) is -0.553. The molecule has 0 aliphatic heterocycles. The van der Waals surface area contributed by atoms with E-state index < -0.39 is 17.5 Å². The lowest BCUT2D eigenvalue weighted by atomic mass is 9.91. The van der Waals surface area contributed by atoms with Crippen molar-refractivity contribution in [3.05, 3.63) is 35.9 Å². The fraction of sp³-hybridized carbons (Fsp3) is 0.529. The lowest BCUT2D eigenvalue weighted by Crippen LogP contribution is -2.60. The van der Waals surface area contributed by atoms with Gasteiger partial charge in [-0.1, -0.05) is 30.3 Å². The Bertz CT molecular complexity index is 471. The zero-order valence-corrected chi connectivity index (χ0v) is 14.0. The second-order valence-electron chi connectivity index (χ2n) is 4.94. The predicted molar refractivity (Wildman–Crippen MR) is 85.8 cm³/mol. The normalized spacial score (nSPS) is 11.1. The van der Waals surface area contributed by atoms with E-state index in [0.717, 1.165) is 5.56 Å². The van der Waals surface area contributed by atoms with Crippen LogP contribution >= 0.6 is 0 Å². The van der Waals surface area contributed by atoms with Crippen LogP contribution in [0.15, 0.2) is 30.3 Å². The number of methoxy groups -OCH3 is 1. The van der Waals surface area contributed by atoms with Crippen molar-refractivity contribution in [1.82, 2.24) is 5.32 Å². The molecule has 0 unspecified atom stereocenters. The first-order valence-electron chi connectivity index (χ1n) is 7.73. The highest BCUT2D eigenvalue weighted by molar-refractivity contribution is 6.05. The number of hydrogen-bond acceptors (Lipinski definition) is 6. The van der Waals surface area contributed by atoms with Crippen molar-refractivity contribution in [1.29, 1.82) is 0 Å². The van der Waals surface area contributed by atoms with E-state index in [0.29, 0.717) is 6.42 Å². The quantitative estimate of drug-likeness (QED) is 0.401. The maximum atomic E-state index is 12.5. The highest BCUT2D eigenvalue weighted by atomic mass is 16.6. The third-order valence-electron chi connectivity index (χ3n) is 3.40. The molecule has 0 heterocycles. The minimum absolute atomic E-state index is 0.0341. The van der Waals surface area contributed by atoms with Gasteiger partial charge >= 0.3 is 11.9 Å². The number of hydrogen-bond donors (Lipinski definition) is 1. The molecule has 0 fully saturated rings. The van der Waals surface area contributed by atoms with E-state index in [4.69, 9.17) is 14.2 Å². The van der Waals surface area contributed by atoms with Gasteiger partial charge in [-0.05, 0) is 32.3 Å². The van der Waals surface area contributed by atoms with Crippen LogP contribution in [0.3, 0.4) is 0 Å².